The maximum Gasteiger partial charge on any atom is 0.220 e. The molecule has 1 amide bonds. The fourth-order valence-corrected chi connectivity index (χ4v) is 3.21. The standard InChI is InChI=1S/C21H25ClN6O/c1-14-18(9-10-21(29)23-12-16-5-7-17(22)8-6-16)15(2)28(26-14)20-11-19(27(3)4)24-13-25-20/h5-8,11,13H,9-10,12H2,1-4H3,(H,23,29). The van der Waals surface area contributed by atoms with E-state index in [9.17, 15) is 4.79 Å². The lowest BCUT2D eigenvalue weighted by Gasteiger charge is -2.12. The number of halogens is 1. The maximum absolute atomic E-state index is 12.3. The van der Waals surface area contributed by atoms with E-state index in [2.05, 4.69) is 20.4 Å². The van der Waals surface area contributed by atoms with E-state index in [-0.39, 0.29) is 5.91 Å². The van der Waals surface area contributed by atoms with Crippen LogP contribution < -0.4 is 10.2 Å². The average molecular weight is 413 g/mol. The number of benzene rings is 1. The third-order valence-corrected chi connectivity index (χ3v) is 5.01. The van der Waals surface area contributed by atoms with E-state index in [4.69, 9.17) is 11.6 Å². The molecule has 0 aliphatic carbocycles. The second-order valence-corrected chi connectivity index (χ2v) is 7.53. The molecule has 0 saturated heterocycles. The van der Waals surface area contributed by atoms with Crippen molar-refractivity contribution < 1.29 is 4.79 Å². The normalized spacial score (nSPS) is 10.8. The van der Waals surface area contributed by atoms with Crippen LogP contribution in [0.15, 0.2) is 36.7 Å². The Morgan fingerprint density at radius 3 is 2.59 bits per heavy atom. The minimum atomic E-state index is 0.00318. The van der Waals surface area contributed by atoms with Crippen LogP contribution in [0, 0.1) is 13.8 Å². The third kappa shape index (κ3) is 5.12. The molecule has 0 spiro atoms. The molecule has 0 bridgehead atoms. The van der Waals surface area contributed by atoms with Crippen molar-refractivity contribution in [1.82, 2.24) is 25.1 Å². The first-order chi connectivity index (χ1) is 13.8. The van der Waals surface area contributed by atoms with E-state index in [1.165, 1.54) is 6.33 Å². The number of carbonyl (C=O) groups is 1. The van der Waals surface area contributed by atoms with Gasteiger partial charge in [-0.15, -0.1) is 0 Å². The molecule has 0 aliphatic rings. The van der Waals surface area contributed by atoms with E-state index in [0.717, 1.165) is 28.3 Å². The summed E-state index contributed by atoms with van der Waals surface area (Å²) < 4.78 is 1.81. The number of carbonyl (C=O) groups excluding carboxylic acids is 1. The lowest BCUT2D eigenvalue weighted by Crippen LogP contribution is -2.23. The molecule has 1 aromatic carbocycles. The van der Waals surface area contributed by atoms with Gasteiger partial charge in [0.15, 0.2) is 5.82 Å². The summed E-state index contributed by atoms with van der Waals surface area (Å²) in [4.78, 5) is 22.8. The lowest BCUT2D eigenvalue weighted by molar-refractivity contribution is -0.121. The van der Waals surface area contributed by atoms with Gasteiger partial charge in [0.05, 0.1) is 5.69 Å². The zero-order valence-corrected chi connectivity index (χ0v) is 17.9. The molecule has 0 atom stereocenters. The Kier molecular flexibility index (Phi) is 6.49. The molecule has 152 valence electrons. The van der Waals surface area contributed by atoms with Crippen molar-refractivity contribution in [1.29, 1.82) is 0 Å². The first-order valence-corrected chi connectivity index (χ1v) is 9.79. The highest BCUT2D eigenvalue weighted by molar-refractivity contribution is 6.30. The van der Waals surface area contributed by atoms with E-state index >= 15 is 0 Å². The van der Waals surface area contributed by atoms with Crippen molar-refractivity contribution in [3.8, 4) is 5.82 Å². The molecule has 2 heterocycles. The van der Waals surface area contributed by atoms with E-state index < -0.39 is 0 Å². The van der Waals surface area contributed by atoms with Crippen molar-refractivity contribution in [2.45, 2.75) is 33.2 Å². The number of anilines is 1. The lowest BCUT2D eigenvalue weighted by atomic mass is 10.1. The molecule has 1 N–H and O–H groups in total. The Morgan fingerprint density at radius 1 is 1.17 bits per heavy atom. The Morgan fingerprint density at radius 2 is 1.90 bits per heavy atom. The van der Waals surface area contributed by atoms with Crippen LogP contribution >= 0.6 is 11.6 Å². The highest BCUT2D eigenvalue weighted by Gasteiger charge is 2.15. The summed E-state index contributed by atoms with van der Waals surface area (Å²) in [5, 5.41) is 8.26. The molecule has 0 radical (unpaired) electrons. The summed E-state index contributed by atoms with van der Waals surface area (Å²) in [6, 6.07) is 9.34. The number of hydrogen-bond donors (Lipinski definition) is 1. The summed E-state index contributed by atoms with van der Waals surface area (Å²) in [6.45, 7) is 4.44. The van der Waals surface area contributed by atoms with Gasteiger partial charge in [0.25, 0.3) is 0 Å². The largest absolute Gasteiger partial charge is 0.363 e. The number of rotatable bonds is 7. The number of nitrogens with zero attached hydrogens (tertiary/aromatic N) is 5. The molecule has 0 unspecified atom stereocenters. The van der Waals surface area contributed by atoms with Crippen LogP contribution in [-0.2, 0) is 17.8 Å². The molecular formula is C21H25ClN6O. The first kappa shape index (κ1) is 20.8. The van der Waals surface area contributed by atoms with E-state index in [1.807, 2.05) is 67.9 Å². The number of aromatic nitrogens is 4. The third-order valence-electron chi connectivity index (χ3n) is 4.76. The Labute approximate surface area is 175 Å². The van der Waals surface area contributed by atoms with Crippen LogP contribution in [-0.4, -0.2) is 39.8 Å². The minimum Gasteiger partial charge on any atom is -0.363 e. The van der Waals surface area contributed by atoms with Crippen LogP contribution in [0.2, 0.25) is 5.02 Å². The van der Waals surface area contributed by atoms with Gasteiger partial charge in [-0.2, -0.15) is 5.10 Å². The predicted octanol–water partition coefficient (Wildman–Crippen LogP) is 3.25. The minimum absolute atomic E-state index is 0.00318. The van der Waals surface area contributed by atoms with Gasteiger partial charge in [0, 0.05) is 43.8 Å². The fraction of sp³-hybridized carbons (Fsp3) is 0.333. The van der Waals surface area contributed by atoms with Crippen molar-refractivity contribution in [3.63, 3.8) is 0 Å². The average Bonchev–Trinajstić information content (AvgIpc) is 2.99. The first-order valence-electron chi connectivity index (χ1n) is 9.41. The van der Waals surface area contributed by atoms with Crippen molar-refractivity contribution in [2.75, 3.05) is 19.0 Å². The van der Waals surface area contributed by atoms with Gasteiger partial charge in [0.2, 0.25) is 5.91 Å². The second kappa shape index (κ2) is 9.05. The number of aryl methyl sites for hydroxylation is 1. The Hall–Kier alpha value is -2.93. The maximum atomic E-state index is 12.3. The van der Waals surface area contributed by atoms with Gasteiger partial charge < -0.3 is 10.2 Å². The zero-order chi connectivity index (χ0) is 21.0. The van der Waals surface area contributed by atoms with Gasteiger partial charge in [0.1, 0.15) is 12.1 Å². The van der Waals surface area contributed by atoms with Crippen LogP contribution in [0.1, 0.15) is 28.9 Å². The van der Waals surface area contributed by atoms with Crippen molar-refractivity contribution in [3.05, 3.63) is 64.2 Å². The SMILES string of the molecule is Cc1nn(-c2cc(N(C)C)ncn2)c(C)c1CCC(=O)NCc1ccc(Cl)cc1. The topological polar surface area (TPSA) is 75.9 Å². The highest BCUT2D eigenvalue weighted by atomic mass is 35.5. The number of amides is 1. The highest BCUT2D eigenvalue weighted by Crippen LogP contribution is 2.20. The van der Waals surface area contributed by atoms with Crippen LogP contribution in [0.3, 0.4) is 0 Å². The molecule has 7 nitrogen and oxygen atoms in total. The summed E-state index contributed by atoms with van der Waals surface area (Å²) in [5.41, 5.74) is 3.97. The second-order valence-electron chi connectivity index (χ2n) is 7.09. The number of hydrogen-bond acceptors (Lipinski definition) is 5. The van der Waals surface area contributed by atoms with Gasteiger partial charge in [-0.25, -0.2) is 14.6 Å². The molecule has 8 heteroatoms. The van der Waals surface area contributed by atoms with Crippen molar-refractivity contribution >= 4 is 23.3 Å². The summed E-state index contributed by atoms with van der Waals surface area (Å²) in [6.07, 6.45) is 2.55. The van der Waals surface area contributed by atoms with Gasteiger partial charge in [-0.3, -0.25) is 4.79 Å². The van der Waals surface area contributed by atoms with Crippen LogP contribution in [0.25, 0.3) is 5.82 Å². The molecule has 29 heavy (non-hydrogen) atoms. The Bertz CT molecular complexity index is 997. The molecule has 3 rings (SSSR count). The quantitative estimate of drug-likeness (QED) is 0.644. The van der Waals surface area contributed by atoms with Crippen LogP contribution in [0.5, 0.6) is 0 Å². The van der Waals surface area contributed by atoms with Gasteiger partial charge >= 0.3 is 0 Å². The molecular weight excluding hydrogens is 388 g/mol. The Balaban J connectivity index is 1.65. The fourth-order valence-electron chi connectivity index (χ4n) is 3.09. The van der Waals surface area contributed by atoms with Gasteiger partial charge in [-0.05, 0) is 43.5 Å². The van der Waals surface area contributed by atoms with Crippen molar-refractivity contribution in [2.24, 2.45) is 0 Å². The molecule has 2 aromatic heterocycles. The van der Waals surface area contributed by atoms with E-state index in [1.54, 1.807) is 0 Å². The number of nitrogens with one attached hydrogen (secondary N) is 1. The predicted molar refractivity (Wildman–Crippen MR) is 115 cm³/mol. The molecule has 0 fully saturated rings. The summed E-state index contributed by atoms with van der Waals surface area (Å²) in [5.74, 6) is 1.52. The van der Waals surface area contributed by atoms with Crippen LogP contribution in [0.4, 0.5) is 5.82 Å². The van der Waals surface area contributed by atoms with Gasteiger partial charge in [-0.1, -0.05) is 23.7 Å². The molecule has 3 aromatic rings. The smallest absolute Gasteiger partial charge is 0.220 e. The monoisotopic (exact) mass is 412 g/mol. The zero-order valence-electron chi connectivity index (χ0n) is 17.1. The molecule has 0 saturated carbocycles. The van der Waals surface area contributed by atoms with E-state index in [0.29, 0.717) is 30.2 Å². The summed E-state index contributed by atoms with van der Waals surface area (Å²) in [7, 11) is 3.86. The molecule has 0 aliphatic heterocycles. The summed E-state index contributed by atoms with van der Waals surface area (Å²) >= 11 is 5.89.